The number of carboxylic acids is 1. The second-order valence-electron chi connectivity index (χ2n) is 10.2. The number of likely N-dealkylation sites (tertiary alicyclic amines) is 1. The van der Waals surface area contributed by atoms with Gasteiger partial charge in [0.1, 0.15) is 0 Å². The number of aryl methyl sites for hydroxylation is 2. The molecule has 0 unspecified atom stereocenters. The van der Waals surface area contributed by atoms with Crippen molar-refractivity contribution in [1.29, 1.82) is 0 Å². The van der Waals surface area contributed by atoms with E-state index in [-0.39, 0.29) is 17.5 Å². The van der Waals surface area contributed by atoms with E-state index in [9.17, 15) is 18.0 Å². The van der Waals surface area contributed by atoms with Gasteiger partial charge in [0, 0.05) is 23.2 Å². The van der Waals surface area contributed by atoms with Gasteiger partial charge in [0.05, 0.1) is 14.2 Å². The van der Waals surface area contributed by atoms with Crippen LogP contribution in [0, 0.1) is 13.8 Å². The molecule has 1 aliphatic carbocycles. The standard InChI is InChI=1S/C26H35N3O3.C2HF3O2/c1-17-12-18(2)14-21(13-17)28-25(30)27-20-8-9-26(10-11-29(3)24(26)16-20)19-6-7-22(31-4)23(15-19)32-5;3-2(4,5)1(6)7/h6-7,12-15,20,24H,8-11,16H2,1-5H3,(H2,27,28,30);(H,6,7)/t20-,24+,26+;/m1./s1. The molecule has 0 aromatic heterocycles. The van der Waals surface area contributed by atoms with Crippen molar-refractivity contribution in [3.63, 3.8) is 0 Å². The second kappa shape index (κ2) is 12.1. The number of nitrogens with zero attached hydrogens (tertiary/aromatic N) is 1. The van der Waals surface area contributed by atoms with E-state index in [0.717, 1.165) is 60.5 Å². The Balaban J connectivity index is 0.000000532. The van der Waals surface area contributed by atoms with Gasteiger partial charge in [-0.05, 0) is 94.1 Å². The second-order valence-corrected chi connectivity index (χ2v) is 10.2. The summed E-state index contributed by atoms with van der Waals surface area (Å²) in [5.74, 6) is -1.22. The number of halogens is 3. The van der Waals surface area contributed by atoms with Crippen molar-refractivity contribution in [2.45, 2.75) is 63.2 Å². The molecule has 1 aliphatic heterocycles. The van der Waals surface area contributed by atoms with Crippen molar-refractivity contribution in [3.05, 3.63) is 53.1 Å². The van der Waals surface area contributed by atoms with E-state index in [1.165, 1.54) is 5.56 Å². The molecule has 11 heteroatoms. The number of aliphatic carboxylic acids is 1. The van der Waals surface area contributed by atoms with Gasteiger partial charge in [-0.25, -0.2) is 9.59 Å². The van der Waals surface area contributed by atoms with Crippen LogP contribution >= 0.6 is 0 Å². The highest BCUT2D eigenvalue weighted by Gasteiger charge is 2.50. The Morgan fingerprint density at radius 3 is 2.21 bits per heavy atom. The third-order valence-corrected chi connectivity index (χ3v) is 7.54. The largest absolute Gasteiger partial charge is 0.493 e. The number of alkyl halides is 3. The van der Waals surface area contributed by atoms with Crippen molar-refractivity contribution >= 4 is 17.7 Å². The average molecular weight is 552 g/mol. The predicted octanol–water partition coefficient (Wildman–Crippen LogP) is 5.27. The van der Waals surface area contributed by atoms with Gasteiger partial charge in [0.2, 0.25) is 0 Å². The van der Waals surface area contributed by atoms with Crippen LogP contribution in [0.25, 0.3) is 0 Å². The lowest BCUT2D eigenvalue weighted by atomic mass is 9.65. The zero-order chi connectivity index (χ0) is 29.0. The molecule has 3 N–H and O–H groups in total. The molecule has 1 saturated heterocycles. The fourth-order valence-corrected chi connectivity index (χ4v) is 5.79. The number of urea groups is 1. The fourth-order valence-electron chi connectivity index (χ4n) is 5.79. The molecule has 0 spiro atoms. The molecule has 214 valence electrons. The highest BCUT2D eigenvalue weighted by Crippen LogP contribution is 2.49. The van der Waals surface area contributed by atoms with Crippen LogP contribution in [0.15, 0.2) is 36.4 Å². The minimum absolute atomic E-state index is 0.0800. The summed E-state index contributed by atoms with van der Waals surface area (Å²) in [5, 5.41) is 13.4. The number of rotatable bonds is 5. The summed E-state index contributed by atoms with van der Waals surface area (Å²) < 4.78 is 42.8. The highest BCUT2D eigenvalue weighted by molar-refractivity contribution is 5.89. The van der Waals surface area contributed by atoms with Gasteiger partial charge in [-0.15, -0.1) is 0 Å². The van der Waals surface area contributed by atoms with Crippen molar-refractivity contribution in [2.24, 2.45) is 0 Å². The third kappa shape index (κ3) is 7.14. The Bertz CT molecular complexity index is 1170. The van der Waals surface area contributed by atoms with Crippen molar-refractivity contribution in [2.75, 3.05) is 33.1 Å². The monoisotopic (exact) mass is 551 g/mol. The summed E-state index contributed by atoms with van der Waals surface area (Å²) in [7, 11) is 5.56. The summed E-state index contributed by atoms with van der Waals surface area (Å²) in [6.45, 7) is 5.14. The Kier molecular flexibility index (Phi) is 9.37. The smallest absolute Gasteiger partial charge is 0.490 e. The molecule has 1 heterocycles. The summed E-state index contributed by atoms with van der Waals surface area (Å²) in [5.41, 5.74) is 4.52. The Morgan fingerprint density at radius 2 is 1.64 bits per heavy atom. The molecular weight excluding hydrogens is 515 g/mol. The van der Waals surface area contributed by atoms with Gasteiger partial charge in [-0.1, -0.05) is 12.1 Å². The van der Waals surface area contributed by atoms with E-state index < -0.39 is 12.1 Å². The first kappa shape index (κ1) is 30.1. The van der Waals surface area contributed by atoms with Gasteiger partial charge in [0.25, 0.3) is 0 Å². The number of carbonyl (C=O) groups is 2. The summed E-state index contributed by atoms with van der Waals surface area (Å²) in [6.07, 6.45) is -1.04. The molecule has 2 aromatic carbocycles. The number of hydrogen-bond donors (Lipinski definition) is 3. The maximum absolute atomic E-state index is 12.7. The number of methoxy groups -OCH3 is 2. The van der Waals surface area contributed by atoms with Gasteiger partial charge >= 0.3 is 18.2 Å². The quantitative estimate of drug-likeness (QED) is 0.468. The fraction of sp³-hybridized carbons (Fsp3) is 0.500. The van der Waals surface area contributed by atoms with Gasteiger partial charge < -0.3 is 30.1 Å². The summed E-state index contributed by atoms with van der Waals surface area (Å²) in [6, 6.07) is 12.9. The molecule has 2 aromatic rings. The van der Waals surface area contributed by atoms with Crippen LogP contribution < -0.4 is 20.1 Å². The Morgan fingerprint density at radius 1 is 1.03 bits per heavy atom. The van der Waals surface area contributed by atoms with Crippen LogP contribution in [0.5, 0.6) is 11.5 Å². The van der Waals surface area contributed by atoms with Crippen molar-refractivity contribution < 1.29 is 37.3 Å². The number of ether oxygens (including phenoxy) is 2. The number of carboxylic acid groups (broad SMARTS) is 1. The molecule has 39 heavy (non-hydrogen) atoms. The number of benzene rings is 2. The van der Waals surface area contributed by atoms with Gasteiger partial charge in [-0.3, -0.25) is 0 Å². The molecule has 2 amide bonds. The van der Waals surface area contributed by atoms with Crippen LogP contribution in [0.4, 0.5) is 23.7 Å². The number of hydrogen-bond acceptors (Lipinski definition) is 5. The number of amides is 2. The zero-order valence-electron chi connectivity index (χ0n) is 22.8. The SMILES string of the molecule is COc1ccc([C@@]23CC[C@@H](NC(=O)Nc4cc(C)cc(C)c4)C[C@@H]2N(C)CC3)cc1OC.O=C(O)C(F)(F)F. The lowest BCUT2D eigenvalue weighted by Gasteiger charge is -2.45. The zero-order valence-corrected chi connectivity index (χ0v) is 22.8. The van der Waals surface area contributed by atoms with E-state index in [2.05, 4.69) is 40.8 Å². The summed E-state index contributed by atoms with van der Waals surface area (Å²) in [4.78, 5) is 24.1. The van der Waals surface area contributed by atoms with Crippen LogP contribution in [-0.4, -0.2) is 68.1 Å². The number of likely N-dealkylation sites (N-methyl/N-ethyl adjacent to an activating group) is 1. The first-order valence-electron chi connectivity index (χ1n) is 12.7. The lowest BCUT2D eigenvalue weighted by molar-refractivity contribution is -0.192. The van der Waals surface area contributed by atoms with Gasteiger partial charge in [0.15, 0.2) is 11.5 Å². The van der Waals surface area contributed by atoms with Crippen LogP contribution in [-0.2, 0) is 10.2 Å². The molecule has 0 radical (unpaired) electrons. The van der Waals surface area contributed by atoms with Crippen LogP contribution in [0.2, 0.25) is 0 Å². The average Bonchev–Trinajstić information content (AvgIpc) is 3.19. The van der Waals surface area contributed by atoms with E-state index in [0.29, 0.717) is 6.04 Å². The van der Waals surface area contributed by atoms with E-state index in [1.54, 1.807) is 14.2 Å². The minimum Gasteiger partial charge on any atom is -0.493 e. The first-order chi connectivity index (χ1) is 18.3. The number of nitrogens with one attached hydrogen (secondary N) is 2. The van der Waals surface area contributed by atoms with E-state index in [4.69, 9.17) is 19.4 Å². The highest BCUT2D eigenvalue weighted by atomic mass is 19.4. The number of anilines is 1. The van der Waals surface area contributed by atoms with E-state index in [1.807, 2.05) is 32.0 Å². The molecule has 1 saturated carbocycles. The molecule has 2 fully saturated rings. The van der Waals surface area contributed by atoms with Crippen LogP contribution in [0.3, 0.4) is 0 Å². The first-order valence-corrected chi connectivity index (χ1v) is 12.7. The molecule has 0 bridgehead atoms. The maximum Gasteiger partial charge on any atom is 0.490 e. The maximum atomic E-state index is 12.7. The molecule has 8 nitrogen and oxygen atoms in total. The Labute approximate surface area is 226 Å². The topological polar surface area (TPSA) is 100 Å². The Hall–Kier alpha value is -3.47. The number of carbonyl (C=O) groups excluding carboxylic acids is 1. The number of fused-ring (bicyclic) bond motifs is 1. The van der Waals surface area contributed by atoms with E-state index >= 15 is 0 Å². The molecule has 3 atom stereocenters. The molecule has 4 rings (SSSR count). The molecular formula is C28H36F3N3O5. The predicted molar refractivity (Wildman–Crippen MR) is 142 cm³/mol. The third-order valence-electron chi connectivity index (χ3n) is 7.54. The van der Waals surface area contributed by atoms with Crippen molar-refractivity contribution in [1.82, 2.24) is 10.2 Å². The van der Waals surface area contributed by atoms with Crippen molar-refractivity contribution in [3.8, 4) is 11.5 Å². The molecule has 2 aliphatic rings. The lowest BCUT2D eigenvalue weighted by Crippen LogP contribution is -2.52. The van der Waals surface area contributed by atoms with Gasteiger partial charge in [-0.2, -0.15) is 13.2 Å². The normalized spacial score (nSPS) is 22.7. The minimum atomic E-state index is -5.08. The summed E-state index contributed by atoms with van der Waals surface area (Å²) >= 11 is 0. The van der Waals surface area contributed by atoms with Crippen LogP contribution in [0.1, 0.15) is 42.4 Å².